The summed E-state index contributed by atoms with van der Waals surface area (Å²) in [6, 6.07) is 9.35. The molecule has 0 unspecified atom stereocenters. The van der Waals surface area contributed by atoms with Crippen LogP contribution in [-0.4, -0.2) is 28.8 Å². The van der Waals surface area contributed by atoms with Gasteiger partial charge in [0.25, 0.3) is 17.3 Å². The van der Waals surface area contributed by atoms with E-state index in [1.807, 2.05) is 0 Å². The van der Waals surface area contributed by atoms with E-state index < -0.39 is 33.1 Å². The number of nitro groups is 2. The van der Waals surface area contributed by atoms with Crippen LogP contribution in [0.5, 0.6) is 0 Å². The molecule has 1 aromatic heterocycles. The minimum atomic E-state index is -0.860. The minimum Gasteiger partial charge on any atom is -0.465 e. The number of benzene rings is 2. The van der Waals surface area contributed by atoms with E-state index in [0.29, 0.717) is 21.0 Å². The Morgan fingerprint density at radius 2 is 1.69 bits per heavy atom. The average molecular weight is 476 g/mol. The van der Waals surface area contributed by atoms with Crippen LogP contribution in [0.25, 0.3) is 11.1 Å². The number of nitrogens with zero attached hydrogens (tertiary/aromatic N) is 2. The first-order valence-corrected chi connectivity index (χ1v) is 10.0. The highest BCUT2D eigenvalue weighted by molar-refractivity contribution is 7.17. The van der Waals surface area contributed by atoms with Crippen molar-refractivity contribution in [2.75, 3.05) is 12.4 Å². The van der Waals surface area contributed by atoms with Crippen LogP contribution >= 0.6 is 22.9 Å². The van der Waals surface area contributed by atoms with Gasteiger partial charge in [0.1, 0.15) is 10.6 Å². The number of hydrogen-bond donors (Lipinski definition) is 1. The molecule has 0 fully saturated rings. The summed E-state index contributed by atoms with van der Waals surface area (Å²) >= 11 is 7.16. The zero-order valence-corrected chi connectivity index (χ0v) is 18.2. The monoisotopic (exact) mass is 475 g/mol. The van der Waals surface area contributed by atoms with Crippen LogP contribution in [0.1, 0.15) is 25.6 Å². The lowest BCUT2D eigenvalue weighted by Crippen LogP contribution is -2.14. The second-order valence-corrected chi connectivity index (χ2v) is 8.11. The standard InChI is InChI=1S/C20H14ClN3O7S/c1-10-16(11-4-3-5-13(21)6-11)17(20(26)31-2)19(32-10)22-18(25)12-7-14(23(27)28)9-15(8-12)24(29)30/h3-9H,1-2H3,(H,22,25). The Morgan fingerprint density at radius 3 is 2.22 bits per heavy atom. The number of thiophene rings is 1. The van der Waals surface area contributed by atoms with Crippen LogP contribution in [0.3, 0.4) is 0 Å². The molecule has 0 bridgehead atoms. The number of nitro benzene ring substituents is 2. The Morgan fingerprint density at radius 1 is 1.06 bits per heavy atom. The van der Waals surface area contributed by atoms with Gasteiger partial charge in [0.2, 0.25) is 0 Å². The summed E-state index contributed by atoms with van der Waals surface area (Å²) in [5.74, 6) is -1.58. The van der Waals surface area contributed by atoms with Gasteiger partial charge in [-0.25, -0.2) is 4.79 Å². The maximum atomic E-state index is 12.8. The van der Waals surface area contributed by atoms with Crippen LogP contribution < -0.4 is 5.32 Å². The number of methoxy groups -OCH3 is 1. The summed E-state index contributed by atoms with van der Waals surface area (Å²) < 4.78 is 4.88. The van der Waals surface area contributed by atoms with Crippen molar-refractivity contribution in [3.8, 4) is 11.1 Å². The summed E-state index contributed by atoms with van der Waals surface area (Å²) in [5, 5.41) is 25.3. The van der Waals surface area contributed by atoms with Gasteiger partial charge in [0, 0.05) is 27.6 Å². The number of rotatable bonds is 6. The predicted molar refractivity (Wildman–Crippen MR) is 119 cm³/mol. The summed E-state index contributed by atoms with van der Waals surface area (Å²) in [7, 11) is 1.19. The Balaban J connectivity index is 2.09. The van der Waals surface area contributed by atoms with Gasteiger partial charge in [-0.15, -0.1) is 11.3 Å². The molecule has 0 aliphatic carbocycles. The van der Waals surface area contributed by atoms with Crippen molar-refractivity contribution < 1.29 is 24.2 Å². The lowest BCUT2D eigenvalue weighted by Gasteiger charge is -2.08. The number of hydrogen-bond acceptors (Lipinski definition) is 8. The smallest absolute Gasteiger partial charge is 0.341 e. The molecule has 32 heavy (non-hydrogen) atoms. The summed E-state index contributed by atoms with van der Waals surface area (Å²) in [4.78, 5) is 46.6. The Bertz CT molecular complexity index is 1240. The molecule has 0 saturated heterocycles. The van der Waals surface area contributed by atoms with Crippen molar-refractivity contribution in [2.45, 2.75) is 6.92 Å². The van der Waals surface area contributed by atoms with Crippen molar-refractivity contribution in [3.63, 3.8) is 0 Å². The quantitative estimate of drug-likeness (QED) is 0.292. The van der Waals surface area contributed by atoms with E-state index in [0.717, 1.165) is 29.5 Å². The molecule has 1 N–H and O–H groups in total. The second kappa shape index (κ2) is 9.12. The van der Waals surface area contributed by atoms with Crippen LogP contribution in [0.2, 0.25) is 5.02 Å². The van der Waals surface area contributed by atoms with E-state index >= 15 is 0 Å². The zero-order chi connectivity index (χ0) is 23.6. The van der Waals surface area contributed by atoms with Crippen molar-refractivity contribution in [1.82, 2.24) is 0 Å². The number of carbonyl (C=O) groups excluding carboxylic acids is 2. The molecular formula is C20H14ClN3O7S. The topological polar surface area (TPSA) is 142 Å². The number of ether oxygens (including phenoxy) is 1. The van der Waals surface area contributed by atoms with Crippen LogP contribution in [0.15, 0.2) is 42.5 Å². The Kier molecular flexibility index (Phi) is 6.51. The maximum absolute atomic E-state index is 12.8. The third-order valence-corrected chi connectivity index (χ3v) is 5.66. The molecule has 0 spiro atoms. The van der Waals surface area contributed by atoms with Gasteiger partial charge in [-0.3, -0.25) is 25.0 Å². The number of anilines is 1. The summed E-state index contributed by atoms with van der Waals surface area (Å²) in [5.41, 5.74) is -0.329. The van der Waals surface area contributed by atoms with Gasteiger partial charge in [-0.05, 0) is 24.6 Å². The highest BCUT2D eigenvalue weighted by Crippen LogP contribution is 2.41. The van der Waals surface area contributed by atoms with E-state index in [-0.39, 0.29) is 16.1 Å². The third-order valence-electron chi connectivity index (χ3n) is 4.40. The summed E-state index contributed by atoms with van der Waals surface area (Å²) in [6.07, 6.45) is 0. The van der Waals surface area contributed by atoms with E-state index in [1.165, 1.54) is 7.11 Å². The van der Waals surface area contributed by atoms with Crippen molar-refractivity contribution in [1.29, 1.82) is 0 Å². The molecule has 10 nitrogen and oxygen atoms in total. The van der Waals surface area contributed by atoms with E-state index in [9.17, 15) is 29.8 Å². The van der Waals surface area contributed by atoms with Crippen molar-refractivity contribution in [3.05, 3.63) is 83.7 Å². The maximum Gasteiger partial charge on any atom is 0.341 e. The Hall–Kier alpha value is -3.83. The van der Waals surface area contributed by atoms with Crippen molar-refractivity contribution in [2.24, 2.45) is 0 Å². The fourth-order valence-electron chi connectivity index (χ4n) is 3.03. The number of non-ortho nitro benzene ring substituents is 2. The number of nitrogens with one attached hydrogen (secondary N) is 1. The molecule has 0 atom stereocenters. The van der Waals surface area contributed by atoms with Gasteiger partial charge < -0.3 is 10.1 Å². The number of carbonyl (C=O) groups is 2. The highest BCUT2D eigenvalue weighted by Gasteiger charge is 2.27. The zero-order valence-electron chi connectivity index (χ0n) is 16.6. The molecule has 3 aromatic rings. The van der Waals surface area contributed by atoms with Crippen molar-refractivity contribution >= 4 is 51.2 Å². The first kappa shape index (κ1) is 22.8. The molecule has 0 aliphatic heterocycles. The molecule has 164 valence electrons. The molecule has 0 aliphatic rings. The summed E-state index contributed by atoms with van der Waals surface area (Å²) in [6.45, 7) is 1.74. The lowest BCUT2D eigenvalue weighted by molar-refractivity contribution is -0.394. The number of esters is 1. The van der Waals surface area contributed by atoms with Gasteiger partial charge in [0.15, 0.2) is 0 Å². The van der Waals surface area contributed by atoms with Gasteiger partial charge in [-0.1, -0.05) is 23.7 Å². The first-order chi connectivity index (χ1) is 15.1. The number of amides is 1. The van der Waals surface area contributed by atoms with Crippen LogP contribution in [0.4, 0.5) is 16.4 Å². The van der Waals surface area contributed by atoms with E-state index in [2.05, 4.69) is 5.32 Å². The highest BCUT2D eigenvalue weighted by atomic mass is 35.5. The molecule has 3 rings (SSSR count). The number of halogens is 1. The predicted octanol–water partition coefficient (Wildman–Crippen LogP) is 5.23. The molecular weight excluding hydrogens is 462 g/mol. The first-order valence-electron chi connectivity index (χ1n) is 8.85. The molecule has 1 amide bonds. The average Bonchev–Trinajstić information content (AvgIpc) is 3.08. The number of aryl methyl sites for hydroxylation is 1. The fourth-order valence-corrected chi connectivity index (χ4v) is 4.28. The molecule has 1 heterocycles. The largest absolute Gasteiger partial charge is 0.465 e. The fraction of sp³-hybridized carbons (Fsp3) is 0.100. The van der Waals surface area contributed by atoms with Crippen LogP contribution in [-0.2, 0) is 4.74 Å². The third kappa shape index (κ3) is 4.58. The van der Waals surface area contributed by atoms with E-state index in [1.54, 1.807) is 31.2 Å². The molecule has 2 aromatic carbocycles. The second-order valence-electron chi connectivity index (χ2n) is 6.45. The van der Waals surface area contributed by atoms with Gasteiger partial charge in [-0.2, -0.15) is 0 Å². The van der Waals surface area contributed by atoms with Gasteiger partial charge in [0.05, 0.1) is 28.6 Å². The van der Waals surface area contributed by atoms with Crippen LogP contribution in [0, 0.1) is 27.2 Å². The SMILES string of the molecule is COC(=O)c1c(NC(=O)c2cc([N+](=O)[O-])cc([N+](=O)[O-])c2)sc(C)c1-c1cccc(Cl)c1. The van der Waals surface area contributed by atoms with Gasteiger partial charge >= 0.3 is 5.97 Å². The molecule has 0 saturated carbocycles. The van der Waals surface area contributed by atoms with E-state index in [4.69, 9.17) is 16.3 Å². The molecule has 0 radical (unpaired) electrons. The lowest BCUT2D eigenvalue weighted by atomic mass is 10.0. The normalized spacial score (nSPS) is 10.5. The Labute approximate surface area is 189 Å². The minimum absolute atomic E-state index is 0.0746. The molecule has 12 heteroatoms.